The molecule has 444 valence electrons. The van der Waals surface area contributed by atoms with Crippen LogP contribution in [0, 0.1) is 56.2 Å². The number of carboxylic acids is 1. The number of carboxylic acid groups (broad SMARTS) is 1. The average Bonchev–Trinajstić information content (AvgIpc) is 3.28. The van der Waals surface area contributed by atoms with Crippen LogP contribution >= 0.6 is 0 Å². The van der Waals surface area contributed by atoms with Crippen LogP contribution in [0.25, 0.3) is 0 Å². The summed E-state index contributed by atoms with van der Waals surface area (Å²) in [6.45, 7) is 20.0. The second-order valence-corrected chi connectivity index (χ2v) is 26.3. The molecule has 0 unspecified atom stereocenters. The highest BCUT2D eigenvalue weighted by molar-refractivity contribution is 5.87. The predicted octanol–water partition coefficient (Wildman–Crippen LogP) is 0.982. The van der Waals surface area contributed by atoms with Gasteiger partial charge in [-0.1, -0.05) is 80.0 Å². The minimum Gasteiger partial charge on any atom is -0.479 e. The Morgan fingerprint density at radius 3 is 2.05 bits per heavy atom. The summed E-state index contributed by atoms with van der Waals surface area (Å²) >= 11 is 0. The molecule has 3 saturated heterocycles. The molecule has 0 bridgehead atoms. The fraction of sp³-hybridized carbons (Fsp3) is 0.875. The van der Waals surface area contributed by atoms with Crippen LogP contribution in [0.1, 0.15) is 121 Å². The van der Waals surface area contributed by atoms with Crippen molar-refractivity contribution in [2.75, 3.05) is 19.8 Å². The quantitative estimate of drug-likeness (QED) is 0.0530. The standard InChI is InChI=1S/C56H88O22/c1-12-25(4)47(70)78-44-43(66)56(23-72-46(69)24(2)3)27(19-51(44,5)6)26-13-14-31-53(9)17-16-33(52(7,8)30(53)15-18-54(31,10)55(26,11)20-32(56)59)74-50-42(77-49-38(64)36(62)35(61)29(21-57)73-49)40(39(65)41(76-50)45(67)68)75-48-37(63)34(60)28(58)22-71-48/h12-13,24,27-44,48-50,57-66H,14-23H2,1-11H3,(H,67,68)/b25-12+/t27-,28-,29-,30+,31-,32-,33+,34+,35+,36+,37-,38-,39+,40+,41+,42-,43+,44+,48+,49+,50-,53+,54-,55-,56+/m1/s1. The molecular formula is C56H88O22. The number of aliphatic hydroxyl groups excluding tert-OH is 10. The molecule has 0 aromatic carbocycles. The van der Waals surface area contributed by atoms with Crippen LogP contribution in [0.2, 0.25) is 0 Å². The van der Waals surface area contributed by atoms with Crippen LogP contribution in [-0.2, 0) is 52.3 Å². The van der Waals surface area contributed by atoms with E-state index in [1.807, 2.05) is 13.8 Å². The highest BCUT2D eigenvalue weighted by atomic mass is 16.8. The van der Waals surface area contributed by atoms with Crippen molar-refractivity contribution in [1.29, 1.82) is 0 Å². The van der Waals surface area contributed by atoms with Crippen molar-refractivity contribution in [2.24, 2.45) is 56.2 Å². The van der Waals surface area contributed by atoms with Gasteiger partial charge in [0.2, 0.25) is 0 Å². The number of aliphatic carboxylic acids is 1. The van der Waals surface area contributed by atoms with Crippen LogP contribution in [0.3, 0.4) is 0 Å². The number of hydrogen-bond donors (Lipinski definition) is 11. The number of ether oxygens (including phenoxy) is 8. The van der Waals surface area contributed by atoms with Gasteiger partial charge in [-0.3, -0.25) is 4.79 Å². The zero-order valence-corrected chi connectivity index (χ0v) is 46.8. The average molecular weight is 1110 g/mol. The second-order valence-electron chi connectivity index (χ2n) is 26.3. The number of carbonyl (C=O) groups is 3. The number of carbonyl (C=O) groups excluding carboxylic acids is 2. The van der Waals surface area contributed by atoms with Crippen molar-refractivity contribution in [3.8, 4) is 0 Å². The maximum Gasteiger partial charge on any atom is 0.335 e. The Hall–Kier alpha value is -2.75. The largest absolute Gasteiger partial charge is 0.479 e. The van der Waals surface area contributed by atoms with Gasteiger partial charge in [-0.2, -0.15) is 0 Å². The molecule has 78 heavy (non-hydrogen) atoms. The van der Waals surface area contributed by atoms with E-state index in [-0.39, 0.29) is 30.3 Å². The molecule has 4 saturated carbocycles. The summed E-state index contributed by atoms with van der Waals surface area (Å²) in [5.41, 5.74) is -2.92. The molecule has 11 N–H and O–H groups in total. The molecule has 5 aliphatic carbocycles. The third-order valence-corrected chi connectivity index (χ3v) is 20.9. The summed E-state index contributed by atoms with van der Waals surface area (Å²) in [4.78, 5) is 39.5. The van der Waals surface area contributed by atoms with Crippen LogP contribution in [0.5, 0.6) is 0 Å². The van der Waals surface area contributed by atoms with E-state index in [2.05, 4.69) is 40.7 Å². The van der Waals surface area contributed by atoms with E-state index in [1.54, 1.807) is 33.8 Å². The van der Waals surface area contributed by atoms with E-state index in [0.29, 0.717) is 44.1 Å². The molecule has 0 aromatic heterocycles. The van der Waals surface area contributed by atoms with Gasteiger partial charge in [-0.25, -0.2) is 9.59 Å². The van der Waals surface area contributed by atoms with Crippen LogP contribution in [0.4, 0.5) is 0 Å². The number of hydrogen-bond acceptors (Lipinski definition) is 21. The molecule has 8 rings (SSSR count). The number of aliphatic hydroxyl groups is 10. The summed E-state index contributed by atoms with van der Waals surface area (Å²) < 4.78 is 48.6. The van der Waals surface area contributed by atoms with Gasteiger partial charge in [-0.05, 0) is 98.2 Å². The first-order valence-electron chi connectivity index (χ1n) is 27.8. The Balaban J connectivity index is 1.12. The third-order valence-electron chi connectivity index (χ3n) is 20.9. The first kappa shape index (κ1) is 61.3. The Kier molecular flexibility index (Phi) is 17.4. The smallest absolute Gasteiger partial charge is 0.335 e. The maximum absolute atomic E-state index is 13.4. The summed E-state index contributed by atoms with van der Waals surface area (Å²) in [5.74, 6) is -3.68. The molecule has 8 aliphatic rings. The molecule has 0 radical (unpaired) electrons. The number of esters is 2. The molecule has 25 atom stereocenters. The van der Waals surface area contributed by atoms with E-state index in [9.17, 15) is 70.6 Å². The zero-order valence-electron chi connectivity index (χ0n) is 46.8. The van der Waals surface area contributed by atoms with Gasteiger partial charge in [0.05, 0.1) is 36.8 Å². The highest BCUT2D eigenvalue weighted by Crippen LogP contribution is 2.76. The lowest BCUT2D eigenvalue weighted by atomic mass is 9.33. The van der Waals surface area contributed by atoms with Gasteiger partial charge in [-0.15, -0.1) is 0 Å². The summed E-state index contributed by atoms with van der Waals surface area (Å²) in [7, 11) is 0. The van der Waals surface area contributed by atoms with Gasteiger partial charge in [0.1, 0.15) is 79.9 Å². The van der Waals surface area contributed by atoms with Gasteiger partial charge in [0.15, 0.2) is 25.0 Å². The summed E-state index contributed by atoms with van der Waals surface area (Å²) in [6, 6.07) is 0. The lowest BCUT2D eigenvalue weighted by molar-refractivity contribution is -0.392. The van der Waals surface area contributed by atoms with Crippen LogP contribution < -0.4 is 0 Å². The van der Waals surface area contributed by atoms with Gasteiger partial charge < -0.3 is 94.1 Å². The Labute approximate surface area is 456 Å². The molecule has 0 amide bonds. The highest BCUT2D eigenvalue weighted by Gasteiger charge is 2.73. The minimum absolute atomic E-state index is 0.0311. The first-order valence-corrected chi connectivity index (χ1v) is 27.8. The number of rotatable bonds is 13. The fourth-order valence-electron chi connectivity index (χ4n) is 16.0. The zero-order chi connectivity index (χ0) is 57.7. The normalized spacial score (nSPS) is 49.0. The van der Waals surface area contributed by atoms with Crippen molar-refractivity contribution in [2.45, 2.75) is 232 Å². The van der Waals surface area contributed by atoms with E-state index in [1.165, 1.54) is 0 Å². The van der Waals surface area contributed by atoms with Crippen molar-refractivity contribution in [1.82, 2.24) is 0 Å². The van der Waals surface area contributed by atoms with E-state index >= 15 is 0 Å². The maximum atomic E-state index is 13.4. The number of allylic oxidation sites excluding steroid dienone is 3. The van der Waals surface area contributed by atoms with Gasteiger partial charge in [0.25, 0.3) is 0 Å². The lowest BCUT2D eigenvalue weighted by Crippen LogP contribution is -2.72. The Morgan fingerprint density at radius 1 is 0.769 bits per heavy atom. The van der Waals surface area contributed by atoms with E-state index in [4.69, 9.17) is 37.9 Å². The Bertz CT molecular complexity index is 2270. The molecule has 22 heteroatoms. The molecule has 22 nitrogen and oxygen atoms in total. The fourth-order valence-corrected chi connectivity index (χ4v) is 16.0. The SMILES string of the molecule is C/C=C(\C)C(=O)O[C@H]1[C@H](O)[C@]2(COC(=O)C(C)C)[C@H](O)C[C@]3(C)C(=CC[C@@H]4[C@@]5(C)CC[C@H](O[C@@H]6O[C@H](C(=O)O)[C@@H](O)[C@H](O[C@@H]7OC[C@@H](O)[C@H](O)[C@H]7O)[C@H]6O[C@@H]6O[C@H](CO)[C@H](O)[C@H](O)[C@H]6O)C(C)(C)[C@@H]5CC[C@]43C)[C@H]2CC1(C)C. The van der Waals surface area contributed by atoms with E-state index in [0.717, 1.165) is 5.57 Å². The van der Waals surface area contributed by atoms with Crippen LogP contribution in [-0.4, -0.2) is 204 Å². The number of fused-ring (bicyclic) bond motifs is 7. The molecule has 3 heterocycles. The van der Waals surface area contributed by atoms with Crippen molar-refractivity contribution >= 4 is 17.9 Å². The van der Waals surface area contributed by atoms with E-state index < -0.39 is 180 Å². The summed E-state index contributed by atoms with van der Waals surface area (Å²) in [5, 5.41) is 122. The molecular weight excluding hydrogens is 1020 g/mol. The van der Waals surface area contributed by atoms with Crippen molar-refractivity contribution in [3.63, 3.8) is 0 Å². The van der Waals surface area contributed by atoms with Crippen molar-refractivity contribution in [3.05, 3.63) is 23.3 Å². The van der Waals surface area contributed by atoms with Crippen molar-refractivity contribution < 1.29 is 108 Å². The first-order chi connectivity index (χ1) is 36.3. The van der Waals surface area contributed by atoms with Gasteiger partial charge >= 0.3 is 17.9 Å². The topological polar surface area (TPSA) is 348 Å². The third kappa shape index (κ3) is 9.93. The molecule has 0 aromatic rings. The molecule has 3 aliphatic heterocycles. The second kappa shape index (κ2) is 22.1. The Morgan fingerprint density at radius 2 is 1.42 bits per heavy atom. The monoisotopic (exact) mass is 1110 g/mol. The molecule has 0 spiro atoms. The minimum atomic E-state index is -2.10. The lowest BCUT2D eigenvalue weighted by Gasteiger charge is -2.72. The van der Waals surface area contributed by atoms with Gasteiger partial charge in [0, 0.05) is 11.0 Å². The van der Waals surface area contributed by atoms with Crippen LogP contribution in [0.15, 0.2) is 23.3 Å². The predicted molar refractivity (Wildman–Crippen MR) is 271 cm³/mol. The molecule has 7 fully saturated rings. The summed E-state index contributed by atoms with van der Waals surface area (Å²) in [6.07, 6.45) is -22.3.